The van der Waals surface area contributed by atoms with E-state index >= 15 is 0 Å². The van der Waals surface area contributed by atoms with Crippen LogP contribution in [0.5, 0.6) is 5.75 Å². The number of unbranched alkanes of at least 4 members (excludes halogenated alkanes) is 1. The van der Waals surface area contributed by atoms with Crippen molar-refractivity contribution in [1.29, 1.82) is 0 Å². The highest BCUT2D eigenvalue weighted by Crippen LogP contribution is 2.58. The van der Waals surface area contributed by atoms with Crippen LogP contribution in [0.3, 0.4) is 0 Å². The van der Waals surface area contributed by atoms with E-state index < -0.39 is 0 Å². The van der Waals surface area contributed by atoms with Gasteiger partial charge >= 0.3 is 5.69 Å². The van der Waals surface area contributed by atoms with E-state index in [4.69, 9.17) is 4.74 Å². The van der Waals surface area contributed by atoms with Gasteiger partial charge in [0.2, 0.25) is 0 Å². The van der Waals surface area contributed by atoms with Crippen LogP contribution >= 0.6 is 0 Å². The lowest BCUT2D eigenvalue weighted by molar-refractivity contribution is -0.0450. The van der Waals surface area contributed by atoms with Crippen LogP contribution in [0.4, 0.5) is 0 Å². The van der Waals surface area contributed by atoms with Crippen LogP contribution < -0.4 is 10.4 Å². The summed E-state index contributed by atoms with van der Waals surface area (Å²) >= 11 is 0. The van der Waals surface area contributed by atoms with Crippen molar-refractivity contribution in [2.24, 2.45) is 17.8 Å². The van der Waals surface area contributed by atoms with E-state index in [1.54, 1.807) is 0 Å². The maximum Gasteiger partial charge on any atom is 0.328 e. The first-order valence-corrected chi connectivity index (χ1v) is 14.9. The van der Waals surface area contributed by atoms with E-state index in [0.717, 1.165) is 75.6 Å². The molecule has 4 bridgehead atoms. The largest absolute Gasteiger partial charge is 0.493 e. The van der Waals surface area contributed by atoms with E-state index in [2.05, 4.69) is 53.0 Å². The first kappa shape index (κ1) is 24.3. The number of rotatable bonds is 10. The first-order valence-electron chi connectivity index (χ1n) is 14.9. The third-order valence-corrected chi connectivity index (χ3v) is 9.90. The third kappa shape index (κ3) is 4.80. The average Bonchev–Trinajstić information content (AvgIpc) is 3.26. The highest BCUT2D eigenvalue weighted by atomic mass is 16.5. The van der Waals surface area contributed by atoms with Gasteiger partial charge in [0, 0.05) is 24.5 Å². The summed E-state index contributed by atoms with van der Waals surface area (Å²) in [6.07, 6.45) is 17.9. The molecule has 0 N–H and O–H groups in total. The number of imidazole rings is 1. The highest BCUT2D eigenvalue weighted by molar-refractivity contribution is 5.36. The molecule has 4 saturated carbocycles. The van der Waals surface area contributed by atoms with Crippen LogP contribution in [0, 0.1) is 17.8 Å². The number of aromatic nitrogens is 2. The molecule has 0 radical (unpaired) electrons. The summed E-state index contributed by atoms with van der Waals surface area (Å²) in [6, 6.07) is 8.64. The van der Waals surface area contributed by atoms with Gasteiger partial charge in [-0.25, -0.2) is 4.79 Å². The second-order valence-electron chi connectivity index (χ2n) is 12.5. The molecular weight excluding hydrogens is 446 g/mol. The third-order valence-electron chi connectivity index (χ3n) is 9.90. The Morgan fingerprint density at radius 2 is 1.58 bits per heavy atom. The van der Waals surface area contributed by atoms with Crippen LogP contribution in [0.15, 0.2) is 41.5 Å². The maximum absolute atomic E-state index is 13.3. The molecule has 1 aromatic heterocycles. The summed E-state index contributed by atoms with van der Waals surface area (Å²) in [5.74, 6) is 4.30. The molecule has 0 spiro atoms. The first-order chi connectivity index (χ1) is 17.6. The smallest absolute Gasteiger partial charge is 0.328 e. The zero-order valence-corrected chi connectivity index (χ0v) is 22.2. The lowest BCUT2D eigenvalue weighted by atomic mass is 9.53. The molecule has 1 saturated heterocycles. The van der Waals surface area contributed by atoms with Gasteiger partial charge in [-0.15, -0.1) is 0 Å². The highest BCUT2D eigenvalue weighted by Gasteiger charge is 2.52. The lowest BCUT2D eigenvalue weighted by Gasteiger charge is -2.56. The van der Waals surface area contributed by atoms with Gasteiger partial charge in [-0.05, 0) is 126 Å². The molecule has 2 aromatic rings. The van der Waals surface area contributed by atoms with E-state index in [-0.39, 0.29) is 11.2 Å². The van der Waals surface area contributed by atoms with Crippen molar-refractivity contribution in [2.75, 3.05) is 26.2 Å². The molecule has 0 unspecified atom stereocenters. The van der Waals surface area contributed by atoms with Crippen molar-refractivity contribution in [3.05, 3.63) is 52.7 Å². The minimum Gasteiger partial charge on any atom is -0.493 e. The number of likely N-dealkylation sites (tertiary alicyclic amines) is 1. The SMILES string of the molecule is CCCOc1ccccc1C1CCN(CCCCn2ccn(C34CC5CC(CC(C5)C3)C4)c2=O)CC1. The molecule has 4 aliphatic carbocycles. The fourth-order valence-corrected chi connectivity index (χ4v) is 8.55. The van der Waals surface area contributed by atoms with Gasteiger partial charge in [0.1, 0.15) is 5.75 Å². The normalized spacial score (nSPS) is 30.2. The van der Waals surface area contributed by atoms with E-state index in [1.807, 2.05) is 4.57 Å². The Kier molecular flexibility index (Phi) is 7.03. The summed E-state index contributed by atoms with van der Waals surface area (Å²) in [6.45, 7) is 7.29. The number of piperidine rings is 1. The van der Waals surface area contributed by atoms with Crippen molar-refractivity contribution in [2.45, 2.75) is 95.6 Å². The number of hydrogen-bond acceptors (Lipinski definition) is 3. The second-order valence-corrected chi connectivity index (χ2v) is 12.5. The molecule has 5 fully saturated rings. The average molecular weight is 492 g/mol. The Balaban J connectivity index is 0.973. The van der Waals surface area contributed by atoms with Gasteiger partial charge in [-0.3, -0.25) is 9.13 Å². The van der Waals surface area contributed by atoms with Crippen LogP contribution in [-0.4, -0.2) is 40.3 Å². The molecular formula is C31H45N3O2. The standard InChI is InChI=1S/C31H45N3O2/c1-2-17-36-29-8-4-3-7-28(29)27-9-13-32(14-10-27)11-5-6-12-33-15-16-34(30(33)35)31-21-24-18-25(22-31)20-26(19-24)23-31/h3-4,7-8,15-16,24-27H,2,5-6,9-14,17-23H2,1H3. The Morgan fingerprint density at radius 1 is 0.917 bits per heavy atom. The quantitative estimate of drug-likeness (QED) is 0.381. The van der Waals surface area contributed by atoms with Crippen molar-refractivity contribution in [3.63, 3.8) is 0 Å². The topological polar surface area (TPSA) is 39.4 Å². The molecule has 0 amide bonds. The van der Waals surface area contributed by atoms with E-state index in [9.17, 15) is 4.79 Å². The Hall–Kier alpha value is -2.01. The van der Waals surface area contributed by atoms with E-state index in [0.29, 0.717) is 5.92 Å². The van der Waals surface area contributed by atoms with Gasteiger partial charge in [-0.2, -0.15) is 0 Å². The van der Waals surface area contributed by atoms with Crippen molar-refractivity contribution in [3.8, 4) is 5.75 Å². The molecule has 196 valence electrons. The molecule has 5 heteroatoms. The van der Waals surface area contributed by atoms with Crippen molar-refractivity contribution in [1.82, 2.24) is 14.0 Å². The molecule has 7 rings (SSSR count). The Labute approximate surface area is 216 Å². The number of benzene rings is 1. The van der Waals surface area contributed by atoms with E-state index in [1.165, 1.54) is 56.9 Å². The van der Waals surface area contributed by atoms with Gasteiger partial charge in [0.25, 0.3) is 0 Å². The molecule has 1 aromatic carbocycles. The number of ether oxygens (including phenoxy) is 1. The van der Waals surface area contributed by atoms with Crippen molar-refractivity contribution < 1.29 is 4.74 Å². The Morgan fingerprint density at radius 3 is 2.28 bits per heavy atom. The lowest BCUT2D eigenvalue weighted by Crippen LogP contribution is -2.54. The van der Waals surface area contributed by atoms with Gasteiger partial charge in [0.15, 0.2) is 0 Å². The molecule has 0 atom stereocenters. The summed E-state index contributed by atoms with van der Waals surface area (Å²) in [5.41, 5.74) is 1.79. The number of aryl methyl sites for hydroxylation is 1. The van der Waals surface area contributed by atoms with Crippen LogP contribution in [0.1, 0.15) is 89.0 Å². The predicted molar refractivity (Wildman–Crippen MR) is 145 cm³/mol. The fourth-order valence-electron chi connectivity index (χ4n) is 8.55. The molecule has 1 aliphatic heterocycles. The fraction of sp³-hybridized carbons (Fsp3) is 0.710. The minimum absolute atomic E-state index is 0.140. The zero-order chi connectivity index (χ0) is 24.5. The van der Waals surface area contributed by atoms with Crippen molar-refractivity contribution >= 4 is 0 Å². The molecule has 5 aliphatic rings. The van der Waals surface area contributed by atoms with Crippen LogP contribution in [-0.2, 0) is 12.1 Å². The second kappa shape index (κ2) is 10.4. The summed E-state index contributed by atoms with van der Waals surface area (Å²) in [4.78, 5) is 16.0. The van der Waals surface area contributed by atoms with Gasteiger partial charge < -0.3 is 9.64 Å². The molecule has 36 heavy (non-hydrogen) atoms. The summed E-state index contributed by atoms with van der Waals surface area (Å²) in [5, 5.41) is 0. The summed E-state index contributed by atoms with van der Waals surface area (Å²) in [7, 11) is 0. The predicted octanol–water partition coefficient (Wildman–Crippen LogP) is 6.02. The van der Waals surface area contributed by atoms with Crippen LogP contribution in [0.25, 0.3) is 0 Å². The van der Waals surface area contributed by atoms with Gasteiger partial charge in [0.05, 0.1) is 6.61 Å². The monoisotopic (exact) mass is 491 g/mol. The number of nitrogens with zero attached hydrogens (tertiary/aromatic N) is 3. The van der Waals surface area contributed by atoms with Gasteiger partial charge in [-0.1, -0.05) is 25.1 Å². The maximum atomic E-state index is 13.3. The number of hydrogen-bond donors (Lipinski definition) is 0. The van der Waals surface area contributed by atoms with Crippen LogP contribution in [0.2, 0.25) is 0 Å². The summed E-state index contributed by atoms with van der Waals surface area (Å²) < 4.78 is 10.2. The molecule has 2 heterocycles. The molecule has 5 nitrogen and oxygen atoms in total. The minimum atomic E-state index is 0.140. The Bertz CT molecular complexity index is 1040. The zero-order valence-electron chi connectivity index (χ0n) is 22.2. The number of para-hydroxylation sites is 1.